The van der Waals surface area contributed by atoms with Crippen molar-refractivity contribution >= 4 is 5.91 Å². The Morgan fingerprint density at radius 2 is 2.23 bits per heavy atom. The molecule has 2 aromatic rings. The number of likely N-dealkylation sites (tertiary alicyclic amines) is 1. The summed E-state index contributed by atoms with van der Waals surface area (Å²) >= 11 is 0. The maximum absolute atomic E-state index is 14.3. The fraction of sp³-hybridized carbons (Fsp3) is 0.400. The predicted molar refractivity (Wildman–Crippen MR) is 97.1 cm³/mol. The van der Waals surface area contributed by atoms with Crippen molar-refractivity contribution in [2.45, 2.75) is 38.9 Å². The topological polar surface area (TPSA) is 54.5 Å². The first kappa shape index (κ1) is 18.3. The summed E-state index contributed by atoms with van der Waals surface area (Å²) in [6.07, 6.45) is 3.88. The van der Waals surface area contributed by atoms with E-state index in [1.54, 1.807) is 18.3 Å². The van der Waals surface area contributed by atoms with Gasteiger partial charge in [-0.2, -0.15) is 0 Å². The molecule has 0 spiro atoms. The minimum Gasteiger partial charge on any atom is -0.497 e. The average molecular weight is 357 g/mol. The van der Waals surface area contributed by atoms with Gasteiger partial charge in [0.25, 0.3) is 0 Å². The van der Waals surface area contributed by atoms with E-state index in [9.17, 15) is 9.18 Å². The zero-order valence-corrected chi connectivity index (χ0v) is 15.2. The van der Waals surface area contributed by atoms with Crippen LogP contribution >= 0.6 is 0 Å². The second-order valence-electron chi connectivity index (χ2n) is 6.58. The van der Waals surface area contributed by atoms with E-state index in [1.165, 1.54) is 20.1 Å². The highest BCUT2D eigenvalue weighted by molar-refractivity contribution is 5.72. The number of carbonyl (C=O) groups is 1. The van der Waals surface area contributed by atoms with Gasteiger partial charge in [0.15, 0.2) is 0 Å². The molecule has 3 rings (SSSR count). The van der Waals surface area contributed by atoms with Crippen LogP contribution in [0.4, 0.5) is 4.39 Å². The lowest BCUT2D eigenvalue weighted by molar-refractivity contribution is -0.119. The first-order chi connectivity index (χ1) is 12.6. The van der Waals surface area contributed by atoms with Crippen LogP contribution in [0.1, 0.15) is 42.6 Å². The number of pyridine rings is 1. The van der Waals surface area contributed by atoms with Crippen molar-refractivity contribution in [2.75, 3.05) is 13.7 Å². The predicted octanol–water partition coefficient (Wildman–Crippen LogP) is 3.20. The van der Waals surface area contributed by atoms with Crippen molar-refractivity contribution in [2.24, 2.45) is 0 Å². The summed E-state index contributed by atoms with van der Waals surface area (Å²) in [6.45, 7) is 3.40. The van der Waals surface area contributed by atoms with Crippen LogP contribution in [0, 0.1) is 5.82 Å². The number of carbonyl (C=O) groups excluding carboxylic acids is 1. The van der Waals surface area contributed by atoms with Crippen molar-refractivity contribution in [3.8, 4) is 5.75 Å². The number of aromatic nitrogens is 1. The van der Waals surface area contributed by atoms with Gasteiger partial charge in [0.1, 0.15) is 11.6 Å². The Kier molecular flexibility index (Phi) is 5.83. The number of nitrogens with zero attached hydrogens (tertiary/aromatic N) is 2. The van der Waals surface area contributed by atoms with Crippen LogP contribution in [0.15, 0.2) is 36.5 Å². The molecule has 0 saturated carbocycles. The maximum atomic E-state index is 14.3. The van der Waals surface area contributed by atoms with Crippen molar-refractivity contribution in [3.63, 3.8) is 0 Å². The van der Waals surface area contributed by atoms with Crippen LogP contribution in [0.25, 0.3) is 0 Å². The summed E-state index contributed by atoms with van der Waals surface area (Å²) in [5.41, 5.74) is 2.66. The minimum atomic E-state index is -0.240. The molecule has 1 aliphatic heterocycles. The molecule has 1 atom stereocenters. The second kappa shape index (κ2) is 8.27. The van der Waals surface area contributed by atoms with Crippen molar-refractivity contribution in [3.05, 3.63) is 59.2 Å². The highest BCUT2D eigenvalue weighted by Gasteiger charge is 2.27. The van der Waals surface area contributed by atoms with Crippen molar-refractivity contribution in [1.29, 1.82) is 0 Å². The maximum Gasteiger partial charge on any atom is 0.217 e. The number of ether oxygens (including phenoxy) is 1. The van der Waals surface area contributed by atoms with Gasteiger partial charge in [-0.1, -0.05) is 6.07 Å². The summed E-state index contributed by atoms with van der Waals surface area (Å²) in [5, 5.41) is 2.77. The highest BCUT2D eigenvalue weighted by atomic mass is 19.1. The number of amides is 1. The number of methoxy groups -OCH3 is 1. The average Bonchev–Trinajstić information content (AvgIpc) is 3.10. The summed E-state index contributed by atoms with van der Waals surface area (Å²) in [7, 11) is 1.53. The van der Waals surface area contributed by atoms with Crippen LogP contribution < -0.4 is 10.1 Å². The smallest absolute Gasteiger partial charge is 0.217 e. The lowest BCUT2D eigenvalue weighted by Gasteiger charge is -2.25. The van der Waals surface area contributed by atoms with Gasteiger partial charge < -0.3 is 10.1 Å². The second-order valence-corrected chi connectivity index (χ2v) is 6.58. The van der Waals surface area contributed by atoms with E-state index < -0.39 is 0 Å². The Hall–Kier alpha value is -2.47. The Morgan fingerprint density at radius 1 is 1.38 bits per heavy atom. The zero-order valence-electron chi connectivity index (χ0n) is 15.2. The lowest BCUT2D eigenvalue weighted by Crippen LogP contribution is -2.24. The molecular weight excluding hydrogens is 333 g/mol. The van der Waals surface area contributed by atoms with E-state index in [-0.39, 0.29) is 17.8 Å². The van der Waals surface area contributed by atoms with E-state index in [1.807, 2.05) is 12.1 Å². The molecule has 138 valence electrons. The van der Waals surface area contributed by atoms with Crippen LogP contribution in [-0.2, 0) is 17.9 Å². The van der Waals surface area contributed by atoms with Gasteiger partial charge in [-0.3, -0.25) is 14.7 Å². The molecule has 0 bridgehead atoms. The molecule has 1 aromatic carbocycles. The van der Waals surface area contributed by atoms with E-state index in [4.69, 9.17) is 4.74 Å². The molecule has 1 aromatic heterocycles. The van der Waals surface area contributed by atoms with E-state index >= 15 is 0 Å². The summed E-state index contributed by atoms with van der Waals surface area (Å²) in [5.74, 6) is 0.215. The lowest BCUT2D eigenvalue weighted by atomic mass is 10.0. The van der Waals surface area contributed by atoms with Gasteiger partial charge in [-0.05, 0) is 43.1 Å². The molecule has 6 heteroatoms. The number of hydrogen-bond donors (Lipinski definition) is 1. The third-order valence-electron chi connectivity index (χ3n) is 4.74. The van der Waals surface area contributed by atoms with E-state index in [0.29, 0.717) is 24.4 Å². The molecule has 5 nitrogen and oxygen atoms in total. The number of rotatable bonds is 6. The molecule has 1 unspecified atom stereocenters. The fourth-order valence-electron chi connectivity index (χ4n) is 3.41. The van der Waals surface area contributed by atoms with Gasteiger partial charge in [-0.15, -0.1) is 0 Å². The van der Waals surface area contributed by atoms with Gasteiger partial charge in [0.2, 0.25) is 5.91 Å². The van der Waals surface area contributed by atoms with Crippen LogP contribution in [0.5, 0.6) is 5.75 Å². The Morgan fingerprint density at radius 3 is 2.96 bits per heavy atom. The largest absolute Gasteiger partial charge is 0.497 e. The number of halogens is 1. The Balaban J connectivity index is 1.74. The van der Waals surface area contributed by atoms with E-state index in [2.05, 4.69) is 15.2 Å². The van der Waals surface area contributed by atoms with Crippen molar-refractivity contribution < 1.29 is 13.9 Å². The quantitative estimate of drug-likeness (QED) is 0.863. The monoisotopic (exact) mass is 357 g/mol. The number of benzene rings is 1. The van der Waals surface area contributed by atoms with Gasteiger partial charge in [0.05, 0.1) is 19.3 Å². The molecule has 1 aliphatic rings. The molecule has 1 amide bonds. The minimum absolute atomic E-state index is 0.0744. The zero-order chi connectivity index (χ0) is 18.5. The molecule has 1 saturated heterocycles. The fourth-order valence-corrected chi connectivity index (χ4v) is 3.41. The number of nitrogens with one attached hydrogen (secondary N) is 1. The van der Waals surface area contributed by atoms with E-state index in [0.717, 1.165) is 30.6 Å². The Labute approximate surface area is 153 Å². The molecule has 0 radical (unpaired) electrons. The molecule has 1 fully saturated rings. The third kappa shape index (κ3) is 4.38. The molecule has 2 heterocycles. The summed E-state index contributed by atoms with van der Waals surface area (Å²) < 4.78 is 19.4. The summed E-state index contributed by atoms with van der Waals surface area (Å²) in [4.78, 5) is 17.7. The normalized spacial score (nSPS) is 17.3. The van der Waals surface area contributed by atoms with Crippen LogP contribution in [-0.4, -0.2) is 29.4 Å². The Bertz CT molecular complexity index is 781. The van der Waals surface area contributed by atoms with Crippen LogP contribution in [0.2, 0.25) is 0 Å². The van der Waals surface area contributed by atoms with Gasteiger partial charge >= 0.3 is 0 Å². The first-order valence-corrected chi connectivity index (χ1v) is 8.82. The number of hydrogen-bond acceptors (Lipinski definition) is 4. The first-order valence-electron chi connectivity index (χ1n) is 8.82. The summed E-state index contributed by atoms with van der Waals surface area (Å²) in [6, 6.07) is 9.28. The molecule has 26 heavy (non-hydrogen) atoms. The molecular formula is C20H24FN3O2. The van der Waals surface area contributed by atoms with Gasteiger partial charge in [0, 0.05) is 37.3 Å². The van der Waals surface area contributed by atoms with Crippen molar-refractivity contribution in [1.82, 2.24) is 15.2 Å². The third-order valence-corrected chi connectivity index (χ3v) is 4.74. The van der Waals surface area contributed by atoms with Crippen LogP contribution in [0.3, 0.4) is 0 Å². The molecule has 1 N–H and O–H groups in total. The highest BCUT2D eigenvalue weighted by Crippen LogP contribution is 2.33. The standard InChI is InChI=1S/C20H24FN3O2/c1-14(25)23-12-17-10-15(7-8-22-17)20-4-3-9-24(20)13-16-5-6-18(26-2)11-19(16)21/h5-8,10-11,20H,3-4,9,12-13H2,1-2H3,(H,23,25). The van der Waals surface area contributed by atoms with Gasteiger partial charge in [-0.25, -0.2) is 4.39 Å². The molecule has 0 aliphatic carbocycles. The SMILES string of the molecule is COc1ccc(CN2CCCC2c2ccnc(CNC(C)=O)c2)c(F)c1.